The summed E-state index contributed by atoms with van der Waals surface area (Å²) in [4.78, 5) is 36.3. The third-order valence-corrected chi connectivity index (χ3v) is 3.49. The highest BCUT2D eigenvalue weighted by molar-refractivity contribution is 5.99. The van der Waals surface area contributed by atoms with Crippen molar-refractivity contribution < 1.29 is 19.1 Å². The topological polar surface area (TPSA) is 84.5 Å². The third-order valence-electron chi connectivity index (χ3n) is 3.49. The number of amides is 3. The Labute approximate surface area is 146 Å². The molecule has 130 valence electrons. The van der Waals surface area contributed by atoms with Crippen LogP contribution in [0, 0.1) is 13.8 Å². The van der Waals surface area contributed by atoms with Crippen molar-refractivity contribution in [2.24, 2.45) is 0 Å². The summed E-state index contributed by atoms with van der Waals surface area (Å²) in [7, 11) is 1.39. The molecule has 0 spiro atoms. The molecule has 6 nitrogen and oxygen atoms in total. The molecule has 2 rings (SSSR count). The van der Waals surface area contributed by atoms with Gasteiger partial charge in [0.2, 0.25) is 6.10 Å². The zero-order valence-electron chi connectivity index (χ0n) is 14.3. The van der Waals surface area contributed by atoms with Gasteiger partial charge in [0.25, 0.3) is 5.91 Å². The Kier molecular flexibility index (Phi) is 5.89. The average Bonchev–Trinajstić information content (AvgIpc) is 2.59. The zero-order chi connectivity index (χ0) is 18.4. The van der Waals surface area contributed by atoms with Gasteiger partial charge in [0.1, 0.15) is 0 Å². The Hall–Kier alpha value is -3.15. The maximum Gasteiger partial charge on any atom is 0.339 e. The molecule has 0 fully saturated rings. The lowest BCUT2D eigenvalue weighted by Crippen LogP contribution is -2.41. The fourth-order valence-electron chi connectivity index (χ4n) is 2.41. The maximum absolute atomic E-state index is 12.5. The van der Waals surface area contributed by atoms with Crippen molar-refractivity contribution in [1.82, 2.24) is 10.6 Å². The van der Waals surface area contributed by atoms with Gasteiger partial charge in [-0.25, -0.2) is 9.59 Å². The summed E-state index contributed by atoms with van der Waals surface area (Å²) < 4.78 is 5.41. The lowest BCUT2D eigenvalue weighted by Gasteiger charge is -2.18. The number of esters is 1. The summed E-state index contributed by atoms with van der Waals surface area (Å²) in [5.74, 6) is -1.35. The van der Waals surface area contributed by atoms with Gasteiger partial charge in [0, 0.05) is 12.6 Å². The molecule has 0 aromatic heterocycles. The van der Waals surface area contributed by atoms with Crippen LogP contribution < -0.4 is 10.6 Å². The van der Waals surface area contributed by atoms with Crippen LogP contribution in [-0.2, 0) is 9.53 Å². The van der Waals surface area contributed by atoms with E-state index < -0.39 is 24.0 Å². The van der Waals surface area contributed by atoms with Crippen LogP contribution in [0.1, 0.15) is 33.2 Å². The van der Waals surface area contributed by atoms with E-state index in [1.807, 2.05) is 19.9 Å². The van der Waals surface area contributed by atoms with Crippen molar-refractivity contribution in [2.45, 2.75) is 20.0 Å². The normalized spacial score (nSPS) is 11.3. The molecule has 0 aliphatic carbocycles. The Balaban J connectivity index is 2.28. The molecule has 0 heterocycles. The Bertz CT molecular complexity index is 767. The minimum Gasteiger partial charge on any atom is -0.444 e. The number of hydrogen-bond acceptors (Lipinski definition) is 4. The fraction of sp³-hybridized carbons (Fsp3) is 0.211. The molecule has 0 bridgehead atoms. The van der Waals surface area contributed by atoms with Crippen LogP contribution >= 0.6 is 0 Å². The second-order valence-electron chi connectivity index (χ2n) is 5.64. The number of carbonyl (C=O) groups excluding carboxylic acids is 3. The lowest BCUT2D eigenvalue weighted by atomic mass is 10.1. The van der Waals surface area contributed by atoms with Gasteiger partial charge >= 0.3 is 12.0 Å². The quantitative estimate of drug-likeness (QED) is 0.838. The second-order valence-corrected chi connectivity index (χ2v) is 5.64. The monoisotopic (exact) mass is 340 g/mol. The van der Waals surface area contributed by atoms with Crippen molar-refractivity contribution in [1.29, 1.82) is 0 Å². The standard InChI is InChI=1S/C19H20N2O4/c1-12-9-13(2)11-15(10-12)18(23)25-16(14-7-5-4-6-8-14)17(22)21-19(24)20-3/h4-11,16H,1-3H3,(H2,20,21,22,24)/t16-/m1/s1. The average molecular weight is 340 g/mol. The number of benzene rings is 2. The van der Waals surface area contributed by atoms with Crippen LogP contribution in [0.25, 0.3) is 0 Å². The molecule has 2 aromatic rings. The smallest absolute Gasteiger partial charge is 0.339 e. The highest BCUT2D eigenvalue weighted by Crippen LogP contribution is 2.20. The first kappa shape index (κ1) is 18.2. The van der Waals surface area contributed by atoms with Crippen molar-refractivity contribution in [2.75, 3.05) is 7.05 Å². The minimum absolute atomic E-state index is 0.353. The van der Waals surface area contributed by atoms with E-state index in [1.165, 1.54) is 7.05 Å². The van der Waals surface area contributed by atoms with Crippen LogP contribution in [0.5, 0.6) is 0 Å². The first-order valence-corrected chi connectivity index (χ1v) is 7.77. The predicted molar refractivity (Wildman–Crippen MR) is 93.1 cm³/mol. The maximum atomic E-state index is 12.5. The Morgan fingerprint density at radius 2 is 1.56 bits per heavy atom. The second kappa shape index (κ2) is 8.10. The molecule has 3 amide bonds. The number of nitrogens with one attached hydrogen (secondary N) is 2. The van der Waals surface area contributed by atoms with E-state index in [4.69, 9.17) is 4.74 Å². The van der Waals surface area contributed by atoms with Crippen LogP contribution in [0.15, 0.2) is 48.5 Å². The number of imide groups is 1. The van der Waals surface area contributed by atoms with Crippen molar-refractivity contribution >= 4 is 17.9 Å². The molecule has 0 aliphatic heterocycles. The van der Waals surface area contributed by atoms with Gasteiger partial charge in [-0.3, -0.25) is 10.1 Å². The summed E-state index contributed by atoms with van der Waals surface area (Å²) in [6.45, 7) is 3.74. The molecule has 0 saturated heterocycles. The van der Waals surface area contributed by atoms with E-state index in [2.05, 4.69) is 10.6 Å². The van der Waals surface area contributed by atoms with Crippen LogP contribution in [0.4, 0.5) is 4.79 Å². The van der Waals surface area contributed by atoms with Crippen LogP contribution in [0.2, 0.25) is 0 Å². The molecule has 6 heteroatoms. The molecule has 2 aromatic carbocycles. The van der Waals surface area contributed by atoms with Gasteiger partial charge in [0.05, 0.1) is 5.56 Å². The van der Waals surface area contributed by atoms with Crippen LogP contribution in [-0.4, -0.2) is 25.0 Å². The van der Waals surface area contributed by atoms with Gasteiger partial charge < -0.3 is 10.1 Å². The van der Waals surface area contributed by atoms with E-state index in [0.717, 1.165) is 11.1 Å². The van der Waals surface area contributed by atoms with Gasteiger partial charge in [-0.1, -0.05) is 47.5 Å². The Morgan fingerprint density at radius 1 is 0.960 bits per heavy atom. The molecule has 0 saturated carbocycles. The number of carbonyl (C=O) groups is 3. The highest BCUT2D eigenvalue weighted by Gasteiger charge is 2.27. The van der Waals surface area contributed by atoms with E-state index in [-0.39, 0.29) is 0 Å². The number of ether oxygens (including phenoxy) is 1. The van der Waals surface area contributed by atoms with Gasteiger partial charge in [-0.05, 0) is 26.0 Å². The van der Waals surface area contributed by atoms with E-state index in [9.17, 15) is 14.4 Å². The summed E-state index contributed by atoms with van der Waals surface area (Å²) in [5, 5.41) is 4.43. The van der Waals surface area contributed by atoms with Gasteiger partial charge in [-0.15, -0.1) is 0 Å². The van der Waals surface area contributed by atoms with E-state index >= 15 is 0 Å². The van der Waals surface area contributed by atoms with Crippen molar-refractivity contribution in [3.63, 3.8) is 0 Å². The largest absolute Gasteiger partial charge is 0.444 e. The Morgan fingerprint density at radius 3 is 2.12 bits per heavy atom. The summed E-state index contributed by atoms with van der Waals surface area (Å²) >= 11 is 0. The zero-order valence-corrected chi connectivity index (χ0v) is 14.3. The first-order chi connectivity index (χ1) is 11.9. The number of rotatable bonds is 4. The van der Waals surface area contributed by atoms with E-state index in [0.29, 0.717) is 11.1 Å². The first-order valence-electron chi connectivity index (χ1n) is 7.77. The molecular formula is C19H20N2O4. The number of hydrogen-bond donors (Lipinski definition) is 2. The molecule has 2 N–H and O–H groups in total. The molecule has 1 atom stereocenters. The minimum atomic E-state index is -1.23. The summed E-state index contributed by atoms with van der Waals surface area (Å²) in [6.07, 6.45) is -1.23. The van der Waals surface area contributed by atoms with Crippen molar-refractivity contribution in [3.8, 4) is 0 Å². The molecular weight excluding hydrogens is 320 g/mol. The predicted octanol–water partition coefficient (Wildman–Crippen LogP) is 2.66. The molecule has 25 heavy (non-hydrogen) atoms. The van der Waals surface area contributed by atoms with Gasteiger partial charge in [0.15, 0.2) is 0 Å². The number of aryl methyl sites for hydroxylation is 2. The highest BCUT2D eigenvalue weighted by atomic mass is 16.5. The SMILES string of the molecule is CNC(=O)NC(=O)[C@H](OC(=O)c1cc(C)cc(C)c1)c1ccccc1. The lowest BCUT2D eigenvalue weighted by molar-refractivity contribution is -0.129. The molecule has 0 aliphatic rings. The van der Waals surface area contributed by atoms with E-state index in [1.54, 1.807) is 42.5 Å². The van der Waals surface area contributed by atoms with Crippen LogP contribution in [0.3, 0.4) is 0 Å². The molecule has 0 unspecified atom stereocenters. The molecule has 0 radical (unpaired) electrons. The summed E-state index contributed by atoms with van der Waals surface area (Å²) in [5.41, 5.74) is 2.66. The van der Waals surface area contributed by atoms with Crippen molar-refractivity contribution in [3.05, 3.63) is 70.8 Å². The van der Waals surface area contributed by atoms with Gasteiger partial charge in [-0.2, -0.15) is 0 Å². The third kappa shape index (κ3) is 4.91. The summed E-state index contributed by atoms with van der Waals surface area (Å²) in [6, 6.07) is 13.2. The number of urea groups is 1. The fourth-order valence-corrected chi connectivity index (χ4v) is 2.41.